The number of aryl methyl sites for hydroxylation is 1. The minimum absolute atomic E-state index is 0.0505. The predicted molar refractivity (Wildman–Crippen MR) is 126 cm³/mol. The van der Waals surface area contributed by atoms with Crippen LogP contribution in [-0.4, -0.2) is 15.8 Å². The second-order valence-corrected chi connectivity index (χ2v) is 8.93. The summed E-state index contributed by atoms with van der Waals surface area (Å²) in [6.45, 7) is 0. The summed E-state index contributed by atoms with van der Waals surface area (Å²) in [5.41, 5.74) is 6.73. The smallest absolute Gasteiger partial charge is 0.233 e. The third-order valence-electron chi connectivity index (χ3n) is 6.19. The molecule has 3 heterocycles. The second-order valence-electron chi connectivity index (χ2n) is 8.17. The molecule has 0 amide bonds. The van der Waals surface area contributed by atoms with E-state index in [9.17, 15) is 20.0 Å². The fraction of sp³-hybridized carbons (Fsp3) is 0.167. The van der Waals surface area contributed by atoms with Gasteiger partial charge in [-0.1, -0.05) is 23.2 Å². The minimum Gasteiger partial charge on any atom is -0.618 e. The van der Waals surface area contributed by atoms with Gasteiger partial charge in [0.15, 0.2) is 17.6 Å². The molecule has 10 heteroatoms. The van der Waals surface area contributed by atoms with Crippen LogP contribution in [0.25, 0.3) is 16.7 Å². The molecule has 0 spiro atoms. The summed E-state index contributed by atoms with van der Waals surface area (Å²) in [7, 11) is 0. The van der Waals surface area contributed by atoms with Crippen LogP contribution in [0.1, 0.15) is 35.2 Å². The minimum atomic E-state index is -1.60. The van der Waals surface area contributed by atoms with E-state index in [1.54, 1.807) is 24.4 Å². The number of nitrogens with zero attached hydrogens (tertiary/aromatic N) is 4. The third-order valence-corrected chi connectivity index (χ3v) is 6.77. The number of rotatable bonds is 3. The topological polar surface area (TPSA) is 122 Å². The maximum atomic E-state index is 14.8. The molecule has 0 saturated carbocycles. The summed E-state index contributed by atoms with van der Waals surface area (Å²) in [5.74, 6) is -0.493. The lowest BCUT2D eigenvalue weighted by Crippen LogP contribution is -2.45. The number of aliphatic imine (C=N–C) groups is 1. The Bertz CT molecular complexity index is 1480. The molecule has 1 atom stereocenters. The monoisotopic (exact) mass is 495 g/mol. The van der Waals surface area contributed by atoms with Crippen LogP contribution in [0, 0.1) is 22.4 Å². The number of hydrogen-bond acceptors (Lipinski definition) is 6. The fourth-order valence-corrected chi connectivity index (χ4v) is 5.01. The summed E-state index contributed by atoms with van der Waals surface area (Å²) in [4.78, 5) is 8.44. The Labute approximate surface area is 203 Å². The van der Waals surface area contributed by atoms with E-state index in [0.717, 1.165) is 11.8 Å². The summed E-state index contributed by atoms with van der Waals surface area (Å²) in [6.07, 6.45) is 3.60. The van der Waals surface area contributed by atoms with E-state index in [1.807, 2.05) is 6.07 Å². The predicted octanol–water partition coefficient (Wildman–Crippen LogP) is 4.30. The average Bonchev–Trinajstić information content (AvgIpc) is 3.42. The molecule has 2 aliphatic rings. The van der Waals surface area contributed by atoms with Gasteiger partial charge in [-0.2, -0.15) is 9.99 Å². The highest BCUT2D eigenvalue weighted by atomic mass is 35.5. The van der Waals surface area contributed by atoms with Gasteiger partial charge >= 0.3 is 0 Å². The van der Waals surface area contributed by atoms with Crippen LogP contribution in [0.4, 0.5) is 10.2 Å². The first kappa shape index (κ1) is 22.3. The Kier molecular flexibility index (Phi) is 5.29. The first-order chi connectivity index (χ1) is 16.2. The highest BCUT2D eigenvalue weighted by Gasteiger charge is 2.49. The zero-order chi connectivity index (χ0) is 24.2. The lowest BCUT2D eigenvalue weighted by molar-refractivity contribution is -0.619. The number of aromatic nitrogens is 2. The number of fused-ring (bicyclic) bond motifs is 1. The molecule has 34 heavy (non-hydrogen) atoms. The number of allylic oxidation sites excluding steroid dienone is 1. The summed E-state index contributed by atoms with van der Waals surface area (Å²) >= 11 is 12.1. The molecule has 0 radical (unpaired) electrons. The third kappa shape index (κ3) is 3.41. The number of nitrogen functional groups attached to an aromatic ring is 1. The van der Waals surface area contributed by atoms with Crippen LogP contribution >= 0.6 is 23.2 Å². The van der Waals surface area contributed by atoms with Crippen molar-refractivity contribution in [2.45, 2.75) is 24.9 Å². The summed E-state index contributed by atoms with van der Waals surface area (Å²) in [6, 6.07) is 9.59. The van der Waals surface area contributed by atoms with Crippen molar-refractivity contribution in [3.8, 4) is 17.2 Å². The van der Waals surface area contributed by atoms with Gasteiger partial charge in [-0.25, -0.2) is 9.37 Å². The molecule has 3 N–H and O–H groups in total. The van der Waals surface area contributed by atoms with E-state index in [4.69, 9.17) is 28.9 Å². The molecule has 1 aliphatic carbocycles. The highest BCUT2D eigenvalue weighted by Crippen LogP contribution is 2.42. The Morgan fingerprint density at radius 2 is 2.06 bits per heavy atom. The molecular weight excluding hydrogens is 480 g/mol. The molecule has 5 rings (SSSR count). The largest absolute Gasteiger partial charge is 0.618 e. The van der Waals surface area contributed by atoms with Crippen LogP contribution in [0.2, 0.25) is 10.2 Å². The lowest BCUT2D eigenvalue weighted by Gasteiger charge is -2.23. The lowest BCUT2D eigenvalue weighted by atomic mass is 9.89. The SMILES string of the molecule is N#Cc1ccc(Cl)c(F)c1-c1cc2c([n+]([O-])c1)C(O)(C1=NC=C(c3ccc(N)nc3Cl)C1)CC2. The normalized spacial score (nSPS) is 18.9. The number of nitriles is 1. The zero-order valence-corrected chi connectivity index (χ0v) is 19.0. The van der Waals surface area contributed by atoms with Crippen molar-refractivity contribution in [2.75, 3.05) is 5.73 Å². The van der Waals surface area contributed by atoms with Crippen molar-refractivity contribution >= 4 is 40.3 Å². The number of benzene rings is 1. The van der Waals surface area contributed by atoms with Gasteiger partial charge in [-0.15, -0.1) is 0 Å². The Hall–Kier alpha value is -3.51. The first-order valence-corrected chi connectivity index (χ1v) is 11.0. The summed E-state index contributed by atoms with van der Waals surface area (Å²) < 4.78 is 15.3. The van der Waals surface area contributed by atoms with Crippen molar-refractivity contribution in [3.63, 3.8) is 0 Å². The molecule has 7 nitrogen and oxygen atoms in total. The van der Waals surface area contributed by atoms with E-state index in [-0.39, 0.29) is 51.2 Å². The fourth-order valence-electron chi connectivity index (χ4n) is 4.58. The van der Waals surface area contributed by atoms with Gasteiger partial charge in [-0.3, -0.25) is 4.99 Å². The Morgan fingerprint density at radius 1 is 1.26 bits per heavy atom. The average molecular weight is 496 g/mol. The van der Waals surface area contributed by atoms with Crippen molar-refractivity contribution in [3.05, 3.63) is 86.3 Å². The van der Waals surface area contributed by atoms with E-state index in [1.165, 1.54) is 12.1 Å². The van der Waals surface area contributed by atoms with E-state index >= 15 is 0 Å². The Balaban J connectivity index is 1.52. The van der Waals surface area contributed by atoms with Gasteiger partial charge in [0.2, 0.25) is 5.69 Å². The Morgan fingerprint density at radius 3 is 2.79 bits per heavy atom. The molecule has 1 aliphatic heterocycles. The molecular formula is C24H16Cl2FN5O2. The first-order valence-electron chi connectivity index (χ1n) is 10.3. The van der Waals surface area contributed by atoms with Crippen LogP contribution in [-0.2, 0) is 12.0 Å². The number of hydrogen-bond donors (Lipinski definition) is 2. The van der Waals surface area contributed by atoms with Gasteiger partial charge in [0.05, 0.1) is 27.9 Å². The molecule has 170 valence electrons. The van der Waals surface area contributed by atoms with Crippen LogP contribution in [0.5, 0.6) is 0 Å². The van der Waals surface area contributed by atoms with E-state index < -0.39 is 11.4 Å². The quantitative estimate of drug-likeness (QED) is 0.318. The van der Waals surface area contributed by atoms with Crippen molar-refractivity contribution in [2.24, 2.45) is 4.99 Å². The number of halogens is 3. The molecule has 0 fully saturated rings. The molecule has 2 aromatic heterocycles. The molecule has 0 bridgehead atoms. The second kappa shape index (κ2) is 8.06. The van der Waals surface area contributed by atoms with E-state index in [2.05, 4.69) is 9.98 Å². The standard InChI is InChI=1S/C24H16Cl2FN5O2/c25-17-3-1-13(9-28)20(21(17)27)15-7-12-5-6-24(33,22(12)32(34)11-15)18-8-14(10-30-18)16-2-4-19(29)31-23(16)26/h1-4,7,10-11,33H,5-6,8H2,(H2,29,31). The number of pyridine rings is 2. The molecule has 3 aromatic rings. The van der Waals surface area contributed by atoms with Gasteiger partial charge in [-0.05, 0) is 48.7 Å². The number of anilines is 1. The maximum Gasteiger partial charge on any atom is 0.233 e. The zero-order valence-electron chi connectivity index (χ0n) is 17.5. The van der Waals surface area contributed by atoms with Crippen molar-refractivity contribution in [1.29, 1.82) is 5.26 Å². The van der Waals surface area contributed by atoms with Gasteiger partial charge < -0.3 is 16.0 Å². The molecule has 1 unspecified atom stereocenters. The number of aliphatic hydroxyl groups is 1. The summed E-state index contributed by atoms with van der Waals surface area (Å²) in [5, 5.41) is 34.2. The number of nitrogens with two attached hydrogens (primary N) is 1. The van der Waals surface area contributed by atoms with Crippen LogP contribution < -0.4 is 10.5 Å². The van der Waals surface area contributed by atoms with Gasteiger partial charge in [0.25, 0.3) is 0 Å². The van der Waals surface area contributed by atoms with Crippen LogP contribution in [0.15, 0.2) is 47.7 Å². The van der Waals surface area contributed by atoms with Crippen molar-refractivity contribution in [1.82, 2.24) is 4.98 Å². The highest BCUT2D eigenvalue weighted by molar-refractivity contribution is 6.31. The maximum absolute atomic E-state index is 14.8. The van der Waals surface area contributed by atoms with E-state index in [0.29, 0.717) is 28.0 Å². The van der Waals surface area contributed by atoms with Crippen LogP contribution in [0.3, 0.4) is 0 Å². The molecule has 0 saturated heterocycles. The van der Waals surface area contributed by atoms with Gasteiger partial charge in [0.1, 0.15) is 11.0 Å². The van der Waals surface area contributed by atoms with Crippen molar-refractivity contribution < 1.29 is 14.2 Å². The van der Waals surface area contributed by atoms with Gasteiger partial charge in [0, 0.05) is 29.3 Å². The molecule has 1 aromatic carbocycles.